The predicted octanol–water partition coefficient (Wildman–Crippen LogP) is 2.85. The lowest BCUT2D eigenvalue weighted by atomic mass is 10.2. The van der Waals surface area contributed by atoms with Crippen LogP contribution in [0.4, 0.5) is 4.79 Å². The molecule has 2 aromatic carbocycles. The maximum absolute atomic E-state index is 11.8. The van der Waals surface area contributed by atoms with Gasteiger partial charge in [-0.2, -0.15) is 4.68 Å². The third-order valence-electron chi connectivity index (χ3n) is 3.21. The van der Waals surface area contributed by atoms with E-state index < -0.39 is 6.09 Å². The van der Waals surface area contributed by atoms with Gasteiger partial charge in [0.2, 0.25) is 0 Å². The number of benzene rings is 2. The summed E-state index contributed by atoms with van der Waals surface area (Å²) in [7, 11) is 0. The van der Waals surface area contributed by atoms with Crippen LogP contribution in [0.15, 0.2) is 59.1 Å². The van der Waals surface area contributed by atoms with Gasteiger partial charge in [0.15, 0.2) is 5.82 Å². The standard InChI is InChI=1S/C16H14BrN5O2/c17-13-6-8-14(9-7-13)22-15(19-20-21-22)10-18-16(23)24-11-12-4-2-1-3-5-12/h1-9H,10-11H2,(H,18,23). The van der Waals surface area contributed by atoms with Gasteiger partial charge in [0.05, 0.1) is 12.2 Å². The lowest BCUT2D eigenvalue weighted by molar-refractivity contribution is 0.139. The molecule has 3 rings (SSSR count). The first-order valence-corrected chi connectivity index (χ1v) is 7.99. The average Bonchev–Trinajstić information content (AvgIpc) is 3.08. The summed E-state index contributed by atoms with van der Waals surface area (Å²) < 4.78 is 7.67. The average molecular weight is 388 g/mol. The molecule has 0 saturated carbocycles. The fourth-order valence-electron chi connectivity index (χ4n) is 2.02. The molecule has 0 saturated heterocycles. The van der Waals surface area contributed by atoms with E-state index in [1.165, 1.54) is 0 Å². The molecule has 122 valence electrons. The highest BCUT2D eigenvalue weighted by Crippen LogP contribution is 2.14. The van der Waals surface area contributed by atoms with E-state index in [0.29, 0.717) is 5.82 Å². The van der Waals surface area contributed by atoms with Gasteiger partial charge in [0, 0.05) is 4.47 Å². The molecule has 8 heteroatoms. The first-order chi connectivity index (χ1) is 11.7. The molecule has 0 atom stereocenters. The van der Waals surface area contributed by atoms with Gasteiger partial charge in [-0.1, -0.05) is 46.3 Å². The van der Waals surface area contributed by atoms with Crippen molar-refractivity contribution in [3.05, 3.63) is 70.5 Å². The van der Waals surface area contributed by atoms with E-state index in [1.54, 1.807) is 4.68 Å². The molecule has 1 heterocycles. The summed E-state index contributed by atoms with van der Waals surface area (Å²) in [5.41, 5.74) is 1.73. The number of nitrogens with one attached hydrogen (secondary N) is 1. The number of hydrogen-bond donors (Lipinski definition) is 1. The normalized spacial score (nSPS) is 10.4. The van der Waals surface area contributed by atoms with E-state index >= 15 is 0 Å². The second-order valence-electron chi connectivity index (χ2n) is 4.90. The van der Waals surface area contributed by atoms with Crippen LogP contribution in [0.3, 0.4) is 0 Å². The second-order valence-corrected chi connectivity index (χ2v) is 5.81. The summed E-state index contributed by atoms with van der Waals surface area (Å²) in [6.45, 7) is 0.376. The van der Waals surface area contributed by atoms with Gasteiger partial charge in [-0.05, 0) is 40.3 Å². The van der Waals surface area contributed by atoms with E-state index in [1.807, 2.05) is 54.6 Å². The van der Waals surface area contributed by atoms with Crippen molar-refractivity contribution in [2.45, 2.75) is 13.2 Å². The van der Waals surface area contributed by atoms with Crippen LogP contribution in [0.5, 0.6) is 0 Å². The van der Waals surface area contributed by atoms with Gasteiger partial charge in [0.25, 0.3) is 0 Å². The fourth-order valence-corrected chi connectivity index (χ4v) is 2.29. The van der Waals surface area contributed by atoms with Crippen LogP contribution >= 0.6 is 15.9 Å². The third kappa shape index (κ3) is 4.17. The molecule has 24 heavy (non-hydrogen) atoms. The zero-order valence-electron chi connectivity index (χ0n) is 12.6. The Morgan fingerprint density at radius 1 is 1.12 bits per heavy atom. The number of alkyl carbamates (subject to hydrolysis) is 1. The zero-order chi connectivity index (χ0) is 16.8. The summed E-state index contributed by atoms with van der Waals surface area (Å²) in [6.07, 6.45) is -0.524. The van der Waals surface area contributed by atoms with Crippen molar-refractivity contribution in [3.8, 4) is 5.69 Å². The van der Waals surface area contributed by atoms with Crippen LogP contribution in [0.2, 0.25) is 0 Å². The number of nitrogens with zero attached hydrogens (tertiary/aromatic N) is 4. The highest BCUT2D eigenvalue weighted by atomic mass is 79.9. The molecule has 0 aliphatic carbocycles. The Balaban J connectivity index is 1.56. The molecule has 1 N–H and O–H groups in total. The van der Waals surface area contributed by atoms with Gasteiger partial charge in [-0.25, -0.2) is 4.79 Å². The number of aromatic nitrogens is 4. The smallest absolute Gasteiger partial charge is 0.407 e. The van der Waals surface area contributed by atoms with Crippen LogP contribution in [-0.4, -0.2) is 26.3 Å². The van der Waals surface area contributed by atoms with Crippen molar-refractivity contribution < 1.29 is 9.53 Å². The first-order valence-electron chi connectivity index (χ1n) is 7.20. The number of ether oxygens (including phenoxy) is 1. The molecule has 1 amide bonds. The van der Waals surface area contributed by atoms with E-state index in [2.05, 4.69) is 36.8 Å². The molecule has 0 unspecified atom stereocenters. The molecule has 0 aliphatic rings. The van der Waals surface area contributed by atoms with E-state index in [0.717, 1.165) is 15.7 Å². The minimum Gasteiger partial charge on any atom is -0.445 e. The molecule has 0 fully saturated rings. The lowest BCUT2D eigenvalue weighted by Crippen LogP contribution is -2.25. The summed E-state index contributed by atoms with van der Waals surface area (Å²) in [5, 5.41) is 14.2. The van der Waals surface area contributed by atoms with E-state index in [4.69, 9.17) is 4.74 Å². The molecule has 1 aromatic heterocycles. The SMILES string of the molecule is O=C(NCc1nnnn1-c1ccc(Br)cc1)OCc1ccccc1. The van der Waals surface area contributed by atoms with Crippen molar-refractivity contribution in [2.75, 3.05) is 0 Å². The molecule has 0 aliphatic heterocycles. The maximum atomic E-state index is 11.8. The topological polar surface area (TPSA) is 81.9 Å². The third-order valence-corrected chi connectivity index (χ3v) is 3.74. The van der Waals surface area contributed by atoms with Crippen LogP contribution < -0.4 is 5.32 Å². The van der Waals surface area contributed by atoms with Crippen LogP contribution in [0.25, 0.3) is 5.69 Å². The van der Waals surface area contributed by atoms with Crippen molar-refractivity contribution in [1.29, 1.82) is 0 Å². The first kappa shape index (κ1) is 16.1. The number of hydrogen-bond acceptors (Lipinski definition) is 5. The Hall–Kier alpha value is -2.74. The molecule has 7 nitrogen and oxygen atoms in total. The summed E-state index contributed by atoms with van der Waals surface area (Å²) in [5.74, 6) is 0.508. The molecule has 0 bridgehead atoms. The fraction of sp³-hybridized carbons (Fsp3) is 0.125. The van der Waals surface area contributed by atoms with Crippen molar-refractivity contribution >= 4 is 22.0 Å². The Labute approximate surface area is 146 Å². The monoisotopic (exact) mass is 387 g/mol. The highest BCUT2D eigenvalue weighted by Gasteiger charge is 2.10. The van der Waals surface area contributed by atoms with Gasteiger partial charge < -0.3 is 10.1 Å². The molecular formula is C16H14BrN5O2. The Bertz CT molecular complexity index is 805. The quantitative estimate of drug-likeness (QED) is 0.727. The second kappa shape index (κ2) is 7.69. The molecular weight excluding hydrogens is 374 g/mol. The number of rotatable bonds is 5. The van der Waals surface area contributed by atoms with Gasteiger partial charge in [-0.3, -0.25) is 0 Å². The Kier molecular flexibility index (Phi) is 5.17. The van der Waals surface area contributed by atoms with Crippen LogP contribution in [0.1, 0.15) is 11.4 Å². The number of tetrazole rings is 1. The van der Waals surface area contributed by atoms with Gasteiger partial charge in [-0.15, -0.1) is 5.10 Å². The van der Waals surface area contributed by atoms with Crippen molar-refractivity contribution in [1.82, 2.24) is 25.5 Å². The Morgan fingerprint density at radius 2 is 1.88 bits per heavy atom. The molecule has 3 aromatic rings. The number of carbonyl (C=O) groups is 1. The summed E-state index contributed by atoms with van der Waals surface area (Å²) in [6, 6.07) is 17.0. The largest absolute Gasteiger partial charge is 0.445 e. The van der Waals surface area contributed by atoms with Crippen LogP contribution in [-0.2, 0) is 17.9 Å². The minimum absolute atomic E-state index is 0.163. The molecule has 0 radical (unpaired) electrons. The van der Waals surface area contributed by atoms with Gasteiger partial charge in [0.1, 0.15) is 6.61 Å². The number of amides is 1. The Morgan fingerprint density at radius 3 is 2.62 bits per heavy atom. The minimum atomic E-state index is -0.524. The van der Waals surface area contributed by atoms with Crippen LogP contribution in [0, 0.1) is 0 Å². The van der Waals surface area contributed by atoms with E-state index in [9.17, 15) is 4.79 Å². The predicted molar refractivity (Wildman–Crippen MR) is 90.3 cm³/mol. The van der Waals surface area contributed by atoms with E-state index in [-0.39, 0.29) is 13.2 Å². The molecule has 0 spiro atoms. The van der Waals surface area contributed by atoms with Crippen molar-refractivity contribution in [2.24, 2.45) is 0 Å². The number of halogens is 1. The highest BCUT2D eigenvalue weighted by molar-refractivity contribution is 9.10. The summed E-state index contributed by atoms with van der Waals surface area (Å²) >= 11 is 3.38. The number of carbonyl (C=O) groups excluding carboxylic acids is 1. The zero-order valence-corrected chi connectivity index (χ0v) is 14.2. The lowest BCUT2D eigenvalue weighted by Gasteiger charge is -2.07. The maximum Gasteiger partial charge on any atom is 0.407 e. The van der Waals surface area contributed by atoms with Crippen molar-refractivity contribution in [3.63, 3.8) is 0 Å². The van der Waals surface area contributed by atoms with Gasteiger partial charge >= 0.3 is 6.09 Å². The summed E-state index contributed by atoms with van der Waals surface area (Å²) in [4.78, 5) is 11.8.